The van der Waals surface area contributed by atoms with E-state index >= 15 is 0 Å². The summed E-state index contributed by atoms with van der Waals surface area (Å²) in [6.45, 7) is 15.8. The monoisotopic (exact) mass is 479 g/mol. The fourth-order valence-corrected chi connectivity index (χ4v) is 9.03. The maximum absolute atomic E-state index is 13.2. The van der Waals surface area contributed by atoms with Crippen LogP contribution in [0.1, 0.15) is 106 Å². The minimum Gasteiger partial charge on any atom is -0.481 e. The van der Waals surface area contributed by atoms with Gasteiger partial charge in [-0.25, -0.2) is 0 Å². The lowest BCUT2D eigenvalue weighted by Crippen LogP contribution is -2.61. The SMILES string of the molecule is CC1(C)CCC2=CC[C@@H]3[C@@]4(C)C=C(C#N)C(=O)C(C)(C)[C@@H]4CC[C@@]3(C)[C@]2(C)CC[C@@H](C(=O)O)CC1. The molecule has 4 heteroatoms. The van der Waals surface area contributed by atoms with Crippen LogP contribution in [0.25, 0.3) is 0 Å². The van der Waals surface area contributed by atoms with Crippen molar-refractivity contribution in [2.75, 3.05) is 0 Å². The lowest BCUT2D eigenvalue weighted by molar-refractivity contribution is -0.152. The predicted octanol–water partition coefficient (Wildman–Crippen LogP) is 7.50. The van der Waals surface area contributed by atoms with Gasteiger partial charge in [-0.1, -0.05) is 66.2 Å². The quantitative estimate of drug-likeness (QED) is 0.395. The Morgan fingerprint density at radius 2 is 1.63 bits per heavy atom. The number of hydrogen-bond donors (Lipinski definition) is 1. The molecule has 35 heavy (non-hydrogen) atoms. The summed E-state index contributed by atoms with van der Waals surface area (Å²) < 4.78 is 0. The summed E-state index contributed by atoms with van der Waals surface area (Å²) >= 11 is 0. The maximum atomic E-state index is 13.2. The molecule has 0 bridgehead atoms. The van der Waals surface area contributed by atoms with E-state index < -0.39 is 11.4 Å². The number of nitriles is 1. The van der Waals surface area contributed by atoms with Crippen LogP contribution in [0.2, 0.25) is 0 Å². The van der Waals surface area contributed by atoms with E-state index in [9.17, 15) is 20.0 Å². The highest BCUT2D eigenvalue weighted by Gasteiger charge is 2.65. The number of hydrogen-bond acceptors (Lipinski definition) is 3. The molecule has 4 nitrogen and oxygen atoms in total. The van der Waals surface area contributed by atoms with Crippen molar-refractivity contribution in [1.29, 1.82) is 5.26 Å². The van der Waals surface area contributed by atoms with Crippen molar-refractivity contribution in [2.24, 2.45) is 44.8 Å². The third-order valence-electron chi connectivity index (χ3n) is 11.7. The zero-order valence-corrected chi connectivity index (χ0v) is 23.0. The van der Waals surface area contributed by atoms with Crippen LogP contribution in [0.3, 0.4) is 0 Å². The number of allylic oxidation sites excluding steroid dienone is 4. The van der Waals surface area contributed by atoms with Crippen molar-refractivity contribution in [2.45, 2.75) is 106 Å². The number of carbonyl (C=O) groups excluding carboxylic acids is 1. The standard InChI is InChI=1S/C31H45NO3/c1-27(2)14-10-20(26(34)35)11-16-30(6)22(12-15-27)8-9-24-29(5)18-21(19-32)25(33)28(3,4)23(29)13-17-31(24,30)7/h8,18,20,23-24H,9-17H2,1-7H3,(H,34,35)/t20-,23-,24+,29-,30+,31+/m0/s1. The molecule has 2 fully saturated rings. The highest BCUT2D eigenvalue weighted by molar-refractivity contribution is 6.04. The minimum absolute atomic E-state index is 0.00504. The molecule has 0 spiro atoms. The Balaban J connectivity index is 1.82. The second-order valence-electron chi connectivity index (χ2n) is 14.2. The molecule has 0 aromatic heterocycles. The minimum atomic E-state index is -0.655. The topological polar surface area (TPSA) is 78.2 Å². The first-order valence-corrected chi connectivity index (χ1v) is 13.7. The molecule has 0 radical (unpaired) electrons. The van der Waals surface area contributed by atoms with Crippen molar-refractivity contribution < 1.29 is 14.7 Å². The Hall–Kier alpha value is -1.89. The Morgan fingerprint density at radius 3 is 2.26 bits per heavy atom. The van der Waals surface area contributed by atoms with Gasteiger partial charge in [-0.05, 0) is 91.3 Å². The van der Waals surface area contributed by atoms with Crippen LogP contribution in [0.15, 0.2) is 23.3 Å². The van der Waals surface area contributed by atoms with Crippen LogP contribution in [0.4, 0.5) is 0 Å². The number of nitrogens with zero attached hydrogens (tertiary/aromatic N) is 1. The molecule has 2 saturated carbocycles. The molecule has 192 valence electrons. The number of fused-ring (bicyclic) bond motifs is 5. The Bertz CT molecular complexity index is 1030. The average molecular weight is 480 g/mol. The number of ketones is 1. The van der Waals surface area contributed by atoms with Crippen LogP contribution < -0.4 is 0 Å². The molecular weight excluding hydrogens is 434 g/mol. The van der Waals surface area contributed by atoms with E-state index in [2.05, 4.69) is 46.8 Å². The first-order chi connectivity index (χ1) is 16.1. The molecule has 0 aromatic rings. The summed E-state index contributed by atoms with van der Waals surface area (Å²) in [5.41, 5.74) is 1.10. The molecule has 0 saturated heterocycles. The fourth-order valence-electron chi connectivity index (χ4n) is 9.03. The largest absolute Gasteiger partial charge is 0.481 e. The zero-order chi connectivity index (χ0) is 26.0. The number of Topliss-reactive ketones (excluding diaryl/α,β-unsaturated/α-hetero) is 1. The van der Waals surface area contributed by atoms with Gasteiger partial charge >= 0.3 is 5.97 Å². The van der Waals surface area contributed by atoms with Crippen molar-refractivity contribution in [1.82, 2.24) is 0 Å². The van der Waals surface area contributed by atoms with Crippen molar-refractivity contribution in [3.05, 3.63) is 23.3 Å². The normalized spacial score (nSPS) is 42.8. The summed E-state index contributed by atoms with van der Waals surface area (Å²) in [6.07, 6.45) is 13.0. The Labute approximate surface area is 212 Å². The van der Waals surface area contributed by atoms with Crippen LogP contribution in [-0.4, -0.2) is 16.9 Å². The molecule has 0 aromatic carbocycles. The van der Waals surface area contributed by atoms with Crippen LogP contribution in [0.5, 0.6) is 0 Å². The van der Waals surface area contributed by atoms with E-state index in [1.807, 2.05) is 19.9 Å². The molecule has 4 rings (SSSR count). The molecule has 4 aliphatic rings. The number of rotatable bonds is 1. The number of carboxylic acid groups (broad SMARTS) is 1. The lowest BCUT2D eigenvalue weighted by Gasteiger charge is -2.67. The van der Waals surface area contributed by atoms with Crippen LogP contribution in [-0.2, 0) is 9.59 Å². The van der Waals surface area contributed by atoms with Gasteiger partial charge in [-0.15, -0.1) is 0 Å². The van der Waals surface area contributed by atoms with Gasteiger partial charge in [0.2, 0.25) is 0 Å². The van der Waals surface area contributed by atoms with Crippen LogP contribution >= 0.6 is 0 Å². The number of aliphatic carboxylic acids is 1. The smallest absolute Gasteiger partial charge is 0.306 e. The van der Waals surface area contributed by atoms with E-state index in [1.165, 1.54) is 5.57 Å². The first-order valence-electron chi connectivity index (χ1n) is 13.7. The molecule has 0 amide bonds. The van der Waals surface area contributed by atoms with Gasteiger partial charge in [-0.3, -0.25) is 9.59 Å². The van der Waals surface area contributed by atoms with Gasteiger partial charge in [0.15, 0.2) is 5.78 Å². The second-order valence-corrected chi connectivity index (χ2v) is 14.2. The van der Waals surface area contributed by atoms with Gasteiger partial charge in [0.25, 0.3) is 0 Å². The molecule has 6 atom stereocenters. The second kappa shape index (κ2) is 8.32. The van der Waals surface area contributed by atoms with Crippen molar-refractivity contribution in [3.63, 3.8) is 0 Å². The van der Waals surface area contributed by atoms with E-state index in [1.54, 1.807) is 0 Å². The maximum Gasteiger partial charge on any atom is 0.306 e. The Kier molecular flexibility index (Phi) is 6.22. The summed E-state index contributed by atoms with van der Waals surface area (Å²) in [5, 5.41) is 19.9. The van der Waals surface area contributed by atoms with Crippen molar-refractivity contribution >= 4 is 11.8 Å². The van der Waals surface area contributed by atoms with Crippen molar-refractivity contribution in [3.8, 4) is 6.07 Å². The van der Waals surface area contributed by atoms with Crippen LogP contribution in [0, 0.1) is 56.2 Å². The molecule has 1 N–H and O–H groups in total. The van der Waals surface area contributed by atoms with E-state index in [0.29, 0.717) is 17.9 Å². The van der Waals surface area contributed by atoms with Gasteiger partial charge in [0.1, 0.15) is 6.07 Å². The highest BCUT2D eigenvalue weighted by atomic mass is 16.4. The average Bonchev–Trinajstić information content (AvgIpc) is 2.76. The Morgan fingerprint density at radius 1 is 0.971 bits per heavy atom. The molecular formula is C31H45NO3. The van der Waals surface area contributed by atoms with E-state index in [-0.39, 0.29) is 39.3 Å². The summed E-state index contributed by atoms with van der Waals surface area (Å²) in [5.74, 6) is -0.427. The predicted molar refractivity (Wildman–Crippen MR) is 138 cm³/mol. The third-order valence-corrected chi connectivity index (χ3v) is 11.7. The number of carbonyl (C=O) groups is 2. The van der Waals surface area contributed by atoms with Gasteiger partial charge < -0.3 is 5.11 Å². The molecule has 0 unspecified atom stereocenters. The molecule has 0 heterocycles. The molecule has 4 aliphatic carbocycles. The summed E-state index contributed by atoms with van der Waals surface area (Å²) in [6, 6.07) is 2.23. The summed E-state index contributed by atoms with van der Waals surface area (Å²) in [7, 11) is 0. The number of carboxylic acids is 1. The molecule has 0 aliphatic heterocycles. The fraction of sp³-hybridized carbons (Fsp3) is 0.774. The zero-order valence-electron chi connectivity index (χ0n) is 23.0. The van der Waals surface area contributed by atoms with E-state index in [4.69, 9.17) is 0 Å². The summed E-state index contributed by atoms with van der Waals surface area (Å²) in [4.78, 5) is 25.3. The van der Waals surface area contributed by atoms with Gasteiger partial charge in [0.05, 0.1) is 11.5 Å². The van der Waals surface area contributed by atoms with Gasteiger partial charge in [0, 0.05) is 5.41 Å². The third kappa shape index (κ3) is 3.84. The van der Waals surface area contributed by atoms with Gasteiger partial charge in [-0.2, -0.15) is 5.26 Å². The first kappa shape index (κ1) is 26.2. The van der Waals surface area contributed by atoms with E-state index in [0.717, 1.165) is 51.4 Å². The highest BCUT2D eigenvalue weighted by Crippen LogP contribution is 2.71. The lowest BCUT2D eigenvalue weighted by atomic mass is 9.37.